The van der Waals surface area contributed by atoms with Gasteiger partial charge in [-0.2, -0.15) is 0 Å². The Kier molecular flexibility index (Phi) is 4.35. The molecule has 4 heteroatoms. The van der Waals surface area contributed by atoms with Gasteiger partial charge < -0.3 is 9.80 Å². The summed E-state index contributed by atoms with van der Waals surface area (Å²) in [6.45, 7) is 7.42. The summed E-state index contributed by atoms with van der Waals surface area (Å²) in [4.78, 5) is 17.9. The Morgan fingerprint density at radius 2 is 2.07 bits per heavy atom. The second kappa shape index (κ2) is 5.32. The summed E-state index contributed by atoms with van der Waals surface area (Å²) in [6.07, 6.45) is 0. The van der Waals surface area contributed by atoms with Gasteiger partial charge in [-0.3, -0.25) is 9.69 Å². The van der Waals surface area contributed by atoms with E-state index in [2.05, 4.69) is 23.9 Å². The third-order valence-corrected chi connectivity index (χ3v) is 2.64. The molecule has 0 aliphatic carbocycles. The van der Waals surface area contributed by atoms with Crippen LogP contribution in [0.3, 0.4) is 0 Å². The molecule has 0 atom stereocenters. The lowest BCUT2D eigenvalue weighted by Crippen LogP contribution is -2.51. The van der Waals surface area contributed by atoms with E-state index in [-0.39, 0.29) is 5.91 Å². The molecule has 0 aromatic rings. The summed E-state index contributed by atoms with van der Waals surface area (Å²) in [5, 5.41) is 0. The normalized spacial score (nSPS) is 19.4. The fourth-order valence-corrected chi connectivity index (χ4v) is 1.62. The maximum absolute atomic E-state index is 11.6. The standard InChI is InChI=1S/C10H21N3O/c1-4-13-8-7-12(9-10(13)14)6-5-11(2)3/h4-9H2,1-3H3. The van der Waals surface area contributed by atoms with E-state index in [0.717, 1.165) is 32.7 Å². The first-order valence-electron chi connectivity index (χ1n) is 5.28. The monoisotopic (exact) mass is 199 g/mol. The largest absolute Gasteiger partial charge is 0.341 e. The molecular weight excluding hydrogens is 178 g/mol. The van der Waals surface area contributed by atoms with Gasteiger partial charge in [0.2, 0.25) is 5.91 Å². The zero-order valence-electron chi connectivity index (χ0n) is 9.49. The van der Waals surface area contributed by atoms with Crippen LogP contribution in [-0.2, 0) is 4.79 Å². The Morgan fingerprint density at radius 3 is 2.57 bits per heavy atom. The van der Waals surface area contributed by atoms with Gasteiger partial charge in [-0.15, -0.1) is 0 Å². The van der Waals surface area contributed by atoms with Crippen LogP contribution in [0.5, 0.6) is 0 Å². The Balaban J connectivity index is 2.28. The number of hydrogen-bond acceptors (Lipinski definition) is 3. The van der Waals surface area contributed by atoms with E-state index in [9.17, 15) is 4.79 Å². The average molecular weight is 199 g/mol. The van der Waals surface area contributed by atoms with Crippen LogP contribution in [0.2, 0.25) is 0 Å². The van der Waals surface area contributed by atoms with Crippen LogP contribution in [0, 0.1) is 0 Å². The molecule has 1 fully saturated rings. The summed E-state index contributed by atoms with van der Waals surface area (Å²) in [5.41, 5.74) is 0. The molecule has 0 spiro atoms. The van der Waals surface area contributed by atoms with E-state index < -0.39 is 0 Å². The topological polar surface area (TPSA) is 26.8 Å². The van der Waals surface area contributed by atoms with Crippen LogP contribution in [0.1, 0.15) is 6.92 Å². The number of rotatable bonds is 4. The zero-order valence-corrected chi connectivity index (χ0v) is 9.49. The lowest BCUT2D eigenvalue weighted by molar-refractivity contribution is -0.135. The van der Waals surface area contributed by atoms with Gasteiger partial charge in [0, 0.05) is 32.7 Å². The van der Waals surface area contributed by atoms with Crippen molar-refractivity contribution in [1.82, 2.24) is 14.7 Å². The van der Waals surface area contributed by atoms with E-state index in [1.54, 1.807) is 0 Å². The Hall–Kier alpha value is -0.610. The van der Waals surface area contributed by atoms with Gasteiger partial charge in [0.05, 0.1) is 6.54 Å². The van der Waals surface area contributed by atoms with Crippen LogP contribution in [0.15, 0.2) is 0 Å². The summed E-state index contributed by atoms with van der Waals surface area (Å²) in [7, 11) is 4.12. The maximum Gasteiger partial charge on any atom is 0.236 e. The van der Waals surface area contributed by atoms with Crippen molar-refractivity contribution in [3.8, 4) is 0 Å². The predicted molar refractivity (Wildman–Crippen MR) is 57.2 cm³/mol. The fourth-order valence-electron chi connectivity index (χ4n) is 1.62. The van der Waals surface area contributed by atoms with Gasteiger partial charge in [-0.1, -0.05) is 0 Å². The van der Waals surface area contributed by atoms with Crippen LogP contribution < -0.4 is 0 Å². The minimum Gasteiger partial charge on any atom is -0.341 e. The lowest BCUT2D eigenvalue weighted by atomic mass is 10.3. The fraction of sp³-hybridized carbons (Fsp3) is 0.900. The Bertz CT molecular complexity index is 194. The first-order valence-corrected chi connectivity index (χ1v) is 5.28. The molecule has 0 radical (unpaired) electrons. The second-order valence-electron chi connectivity index (χ2n) is 4.05. The summed E-state index contributed by atoms with van der Waals surface area (Å²) in [5.74, 6) is 0.275. The highest BCUT2D eigenvalue weighted by Gasteiger charge is 2.21. The highest BCUT2D eigenvalue weighted by molar-refractivity contribution is 5.78. The first-order chi connectivity index (χ1) is 6.63. The molecule has 1 saturated heterocycles. The van der Waals surface area contributed by atoms with Gasteiger partial charge >= 0.3 is 0 Å². The van der Waals surface area contributed by atoms with Crippen molar-refractivity contribution in [3.63, 3.8) is 0 Å². The van der Waals surface area contributed by atoms with Crippen molar-refractivity contribution in [2.24, 2.45) is 0 Å². The molecule has 82 valence electrons. The van der Waals surface area contributed by atoms with E-state index in [1.165, 1.54) is 0 Å². The van der Waals surface area contributed by atoms with E-state index in [4.69, 9.17) is 0 Å². The van der Waals surface area contributed by atoms with Crippen LogP contribution in [0.4, 0.5) is 0 Å². The predicted octanol–water partition coefficient (Wildman–Crippen LogP) is -0.288. The van der Waals surface area contributed by atoms with Crippen LogP contribution in [-0.4, -0.2) is 74.0 Å². The third-order valence-electron chi connectivity index (χ3n) is 2.64. The molecule has 0 bridgehead atoms. The molecule has 1 aliphatic heterocycles. The van der Waals surface area contributed by atoms with Crippen molar-refractivity contribution < 1.29 is 4.79 Å². The highest BCUT2D eigenvalue weighted by Crippen LogP contribution is 2.02. The van der Waals surface area contributed by atoms with Gasteiger partial charge in [0.25, 0.3) is 0 Å². The zero-order chi connectivity index (χ0) is 10.6. The molecule has 1 amide bonds. The summed E-state index contributed by atoms with van der Waals surface area (Å²) < 4.78 is 0. The Morgan fingerprint density at radius 1 is 1.36 bits per heavy atom. The minimum absolute atomic E-state index is 0.275. The molecular formula is C10H21N3O. The number of amides is 1. The molecule has 1 heterocycles. The van der Waals surface area contributed by atoms with Gasteiger partial charge in [-0.05, 0) is 21.0 Å². The molecule has 0 aromatic heterocycles. The quantitative estimate of drug-likeness (QED) is 0.622. The number of likely N-dealkylation sites (N-methyl/N-ethyl adjacent to an activating group) is 2. The third kappa shape index (κ3) is 3.27. The van der Waals surface area contributed by atoms with Crippen LogP contribution in [0.25, 0.3) is 0 Å². The van der Waals surface area contributed by atoms with Crippen molar-refractivity contribution in [3.05, 3.63) is 0 Å². The SMILES string of the molecule is CCN1CCN(CCN(C)C)CC1=O. The van der Waals surface area contributed by atoms with Gasteiger partial charge in [0.1, 0.15) is 0 Å². The Labute approximate surface area is 86.5 Å². The second-order valence-corrected chi connectivity index (χ2v) is 4.05. The molecule has 4 nitrogen and oxygen atoms in total. The maximum atomic E-state index is 11.6. The number of carbonyl (C=O) groups excluding carboxylic acids is 1. The molecule has 14 heavy (non-hydrogen) atoms. The van der Waals surface area contributed by atoms with E-state index in [1.807, 2.05) is 11.8 Å². The van der Waals surface area contributed by atoms with Gasteiger partial charge in [-0.25, -0.2) is 0 Å². The first kappa shape index (κ1) is 11.5. The molecule has 1 aliphatic rings. The number of carbonyl (C=O) groups is 1. The number of piperazine rings is 1. The highest BCUT2D eigenvalue weighted by atomic mass is 16.2. The van der Waals surface area contributed by atoms with Crippen molar-refractivity contribution in [2.45, 2.75) is 6.92 Å². The molecule has 0 N–H and O–H groups in total. The molecule has 0 unspecified atom stereocenters. The van der Waals surface area contributed by atoms with Crippen molar-refractivity contribution >= 4 is 5.91 Å². The smallest absolute Gasteiger partial charge is 0.236 e. The van der Waals surface area contributed by atoms with Crippen molar-refractivity contribution in [1.29, 1.82) is 0 Å². The van der Waals surface area contributed by atoms with Crippen LogP contribution >= 0.6 is 0 Å². The average Bonchev–Trinajstić information content (AvgIpc) is 2.15. The van der Waals surface area contributed by atoms with Gasteiger partial charge in [0.15, 0.2) is 0 Å². The number of hydrogen-bond donors (Lipinski definition) is 0. The lowest BCUT2D eigenvalue weighted by Gasteiger charge is -2.34. The number of nitrogens with zero attached hydrogens (tertiary/aromatic N) is 3. The van der Waals surface area contributed by atoms with Crippen molar-refractivity contribution in [2.75, 3.05) is 53.4 Å². The van der Waals surface area contributed by atoms with E-state index in [0.29, 0.717) is 6.54 Å². The summed E-state index contributed by atoms with van der Waals surface area (Å²) in [6, 6.07) is 0. The summed E-state index contributed by atoms with van der Waals surface area (Å²) >= 11 is 0. The molecule has 1 rings (SSSR count). The molecule has 0 saturated carbocycles. The minimum atomic E-state index is 0.275. The molecule has 0 aromatic carbocycles. The van der Waals surface area contributed by atoms with E-state index >= 15 is 0 Å².